The number of aromatic nitrogens is 2. The minimum absolute atomic E-state index is 0.506. The van der Waals surface area contributed by atoms with E-state index in [2.05, 4.69) is 28.2 Å². The van der Waals surface area contributed by atoms with Crippen molar-refractivity contribution >= 4 is 21.9 Å². The Morgan fingerprint density at radius 1 is 1.04 bits per heavy atom. The van der Waals surface area contributed by atoms with E-state index < -0.39 is 0 Å². The third kappa shape index (κ3) is 2.43. The minimum atomic E-state index is 0.506. The first-order valence-corrected chi connectivity index (χ1v) is 7.65. The van der Waals surface area contributed by atoms with E-state index in [4.69, 9.17) is 10.5 Å². The predicted molar refractivity (Wildman–Crippen MR) is 93.6 cm³/mol. The Labute approximate surface area is 133 Å². The van der Waals surface area contributed by atoms with Gasteiger partial charge in [-0.05, 0) is 35.4 Å². The Bertz CT molecular complexity index is 975. The van der Waals surface area contributed by atoms with Gasteiger partial charge in [0, 0.05) is 29.0 Å². The van der Waals surface area contributed by atoms with Crippen molar-refractivity contribution in [3.8, 4) is 16.9 Å². The second-order valence-electron chi connectivity index (χ2n) is 5.42. The molecule has 0 saturated carbocycles. The van der Waals surface area contributed by atoms with Gasteiger partial charge in [0.2, 0.25) is 0 Å². The van der Waals surface area contributed by atoms with Crippen LogP contribution in [0.15, 0.2) is 60.8 Å². The third-order valence-corrected chi connectivity index (χ3v) is 3.93. The van der Waals surface area contributed by atoms with Crippen LogP contribution in [0.1, 0.15) is 0 Å². The molecule has 4 rings (SSSR count). The van der Waals surface area contributed by atoms with Crippen molar-refractivity contribution in [3.63, 3.8) is 0 Å². The van der Waals surface area contributed by atoms with E-state index in [9.17, 15) is 0 Å². The van der Waals surface area contributed by atoms with Crippen molar-refractivity contribution in [2.24, 2.45) is 5.73 Å². The van der Waals surface area contributed by atoms with Crippen LogP contribution in [-0.2, 0) is 0 Å². The largest absolute Gasteiger partial charge is 0.492 e. The van der Waals surface area contributed by atoms with Crippen molar-refractivity contribution in [2.75, 3.05) is 13.2 Å². The summed E-state index contributed by atoms with van der Waals surface area (Å²) in [5, 5.41) is 2.32. The van der Waals surface area contributed by atoms with Crippen molar-refractivity contribution in [3.05, 3.63) is 60.8 Å². The SMILES string of the molecule is NCCOc1cccc(-c2ccnc3[nH]c4ccccc4c23)c1. The Morgan fingerprint density at radius 3 is 2.87 bits per heavy atom. The predicted octanol–water partition coefficient (Wildman–Crippen LogP) is 3.72. The maximum Gasteiger partial charge on any atom is 0.138 e. The molecular weight excluding hydrogens is 286 g/mol. The number of nitrogens with two attached hydrogens (primary N) is 1. The van der Waals surface area contributed by atoms with Crippen LogP contribution in [0.25, 0.3) is 33.1 Å². The van der Waals surface area contributed by atoms with Crippen molar-refractivity contribution in [2.45, 2.75) is 0 Å². The normalized spacial score (nSPS) is 11.2. The van der Waals surface area contributed by atoms with E-state index in [1.165, 1.54) is 5.39 Å². The number of hydrogen-bond acceptors (Lipinski definition) is 3. The van der Waals surface area contributed by atoms with Gasteiger partial charge in [-0.15, -0.1) is 0 Å². The molecule has 0 spiro atoms. The number of hydrogen-bond donors (Lipinski definition) is 2. The number of H-pyrrole nitrogens is 1. The van der Waals surface area contributed by atoms with E-state index in [0.717, 1.165) is 33.4 Å². The lowest BCUT2D eigenvalue weighted by Gasteiger charge is -2.08. The van der Waals surface area contributed by atoms with E-state index in [1.54, 1.807) is 0 Å². The molecule has 0 saturated heterocycles. The average molecular weight is 303 g/mol. The summed E-state index contributed by atoms with van der Waals surface area (Å²) in [7, 11) is 0. The Morgan fingerprint density at radius 2 is 1.96 bits per heavy atom. The highest BCUT2D eigenvalue weighted by atomic mass is 16.5. The number of benzene rings is 2. The monoisotopic (exact) mass is 303 g/mol. The molecule has 0 aliphatic rings. The number of nitrogens with one attached hydrogen (secondary N) is 1. The number of pyridine rings is 1. The van der Waals surface area contributed by atoms with Gasteiger partial charge in [-0.3, -0.25) is 0 Å². The fourth-order valence-corrected chi connectivity index (χ4v) is 2.94. The molecule has 0 unspecified atom stereocenters. The molecule has 3 N–H and O–H groups in total. The fourth-order valence-electron chi connectivity index (χ4n) is 2.94. The molecule has 0 atom stereocenters. The first-order valence-electron chi connectivity index (χ1n) is 7.65. The van der Waals surface area contributed by atoms with Crippen molar-refractivity contribution < 1.29 is 4.74 Å². The highest BCUT2D eigenvalue weighted by Gasteiger charge is 2.11. The zero-order chi connectivity index (χ0) is 15.6. The van der Waals surface area contributed by atoms with Crippen LogP contribution in [0.5, 0.6) is 5.75 Å². The number of fused-ring (bicyclic) bond motifs is 3. The first-order chi connectivity index (χ1) is 11.4. The number of ether oxygens (including phenoxy) is 1. The second-order valence-corrected chi connectivity index (χ2v) is 5.42. The van der Waals surface area contributed by atoms with Gasteiger partial charge >= 0.3 is 0 Å². The maximum absolute atomic E-state index is 5.65. The van der Waals surface area contributed by atoms with Gasteiger partial charge in [-0.25, -0.2) is 4.98 Å². The molecule has 0 amide bonds. The van der Waals surface area contributed by atoms with Gasteiger partial charge in [0.25, 0.3) is 0 Å². The molecule has 4 nitrogen and oxygen atoms in total. The molecule has 23 heavy (non-hydrogen) atoms. The molecule has 4 aromatic rings. The lowest BCUT2D eigenvalue weighted by atomic mass is 10.0. The van der Waals surface area contributed by atoms with Gasteiger partial charge in [0.15, 0.2) is 0 Å². The summed E-state index contributed by atoms with van der Waals surface area (Å²) in [6, 6.07) is 18.4. The Kier molecular flexibility index (Phi) is 3.44. The quantitative estimate of drug-likeness (QED) is 0.604. The summed E-state index contributed by atoms with van der Waals surface area (Å²) >= 11 is 0. The smallest absolute Gasteiger partial charge is 0.138 e. The van der Waals surface area contributed by atoms with Gasteiger partial charge in [0.1, 0.15) is 18.0 Å². The molecule has 0 aliphatic carbocycles. The van der Waals surface area contributed by atoms with E-state index in [0.29, 0.717) is 13.2 Å². The summed E-state index contributed by atoms with van der Waals surface area (Å²) in [6.07, 6.45) is 1.83. The molecule has 4 heteroatoms. The summed E-state index contributed by atoms with van der Waals surface area (Å²) in [5.74, 6) is 0.831. The van der Waals surface area contributed by atoms with E-state index in [-0.39, 0.29) is 0 Å². The Balaban J connectivity index is 1.92. The summed E-state index contributed by atoms with van der Waals surface area (Å²) < 4.78 is 5.65. The number of para-hydroxylation sites is 1. The molecule has 0 fully saturated rings. The highest BCUT2D eigenvalue weighted by Crippen LogP contribution is 2.34. The van der Waals surface area contributed by atoms with Crippen LogP contribution in [0, 0.1) is 0 Å². The standard InChI is InChI=1S/C19H17N3O/c20-9-11-23-14-5-3-4-13(12-14)15-8-10-21-19-18(15)16-6-1-2-7-17(16)22-19/h1-8,10,12H,9,11,20H2,(H,21,22). The lowest BCUT2D eigenvalue weighted by Crippen LogP contribution is -2.10. The Hall–Kier alpha value is -2.85. The summed E-state index contributed by atoms with van der Waals surface area (Å²) in [4.78, 5) is 7.85. The number of nitrogens with zero attached hydrogens (tertiary/aromatic N) is 1. The van der Waals surface area contributed by atoms with Gasteiger partial charge < -0.3 is 15.5 Å². The topological polar surface area (TPSA) is 63.9 Å². The summed E-state index contributed by atoms with van der Waals surface area (Å²) in [6.45, 7) is 1.02. The van der Waals surface area contributed by atoms with Gasteiger partial charge in [0.05, 0.1) is 0 Å². The minimum Gasteiger partial charge on any atom is -0.492 e. The summed E-state index contributed by atoms with van der Waals surface area (Å²) in [5.41, 5.74) is 9.76. The third-order valence-electron chi connectivity index (χ3n) is 3.93. The second kappa shape index (κ2) is 5.74. The molecule has 2 aromatic heterocycles. The van der Waals surface area contributed by atoms with E-state index >= 15 is 0 Å². The van der Waals surface area contributed by atoms with Gasteiger partial charge in [-0.2, -0.15) is 0 Å². The first kappa shape index (κ1) is 13.8. The van der Waals surface area contributed by atoms with Crippen LogP contribution in [0.4, 0.5) is 0 Å². The van der Waals surface area contributed by atoms with Crippen molar-refractivity contribution in [1.82, 2.24) is 9.97 Å². The molecule has 2 heterocycles. The fraction of sp³-hybridized carbons (Fsp3) is 0.105. The molecular formula is C19H17N3O. The van der Waals surface area contributed by atoms with Crippen LogP contribution in [0.2, 0.25) is 0 Å². The maximum atomic E-state index is 5.65. The van der Waals surface area contributed by atoms with Crippen LogP contribution < -0.4 is 10.5 Å². The highest BCUT2D eigenvalue weighted by molar-refractivity contribution is 6.12. The zero-order valence-electron chi connectivity index (χ0n) is 12.6. The molecule has 2 aromatic carbocycles. The van der Waals surface area contributed by atoms with Crippen LogP contribution in [-0.4, -0.2) is 23.1 Å². The number of rotatable bonds is 4. The van der Waals surface area contributed by atoms with Crippen molar-refractivity contribution in [1.29, 1.82) is 0 Å². The van der Waals surface area contributed by atoms with E-state index in [1.807, 2.05) is 42.6 Å². The van der Waals surface area contributed by atoms with Gasteiger partial charge in [-0.1, -0.05) is 30.3 Å². The molecule has 0 bridgehead atoms. The van der Waals surface area contributed by atoms with Crippen LogP contribution in [0.3, 0.4) is 0 Å². The molecule has 0 aliphatic heterocycles. The molecule has 0 radical (unpaired) electrons. The molecule has 114 valence electrons. The average Bonchev–Trinajstić information content (AvgIpc) is 2.99. The zero-order valence-corrected chi connectivity index (χ0v) is 12.6. The van der Waals surface area contributed by atoms with Crippen LogP contribution >= 0.6 is 0 Å². The lowest BCUT2D eigenvalue weighted by molar-refractivity contribution is 0.328. The number of aromatic amines is 1.